The van der Waals surface area contributed by atoms with Crippen molar-refractivity contribution in [3.05, 3.63) is 0 Å². The summed E-state index contributed by atoms with van der Waals surface area (Å²) < 4.78 is 10.7. The quantitative estimate of drug-likeness (QED) is 0.633. The predicted molar refractivity (Wildman–Crippen MR) is 75.2 cm³/mol. The minimum atomic E-state index is 0.122. The first-order valence-corrected chi connectivity index (χ1v) is 7.44. The Morgan fingerprint density at radius 3 is 2.32 bits per heavy atom. The molecule has 1 rings (SSSR count). The van der Waals surface area contributed by atoms with Crippen LogP contribution in [-0.2, 0) is 14.3 Å². The van der Waals surface area contributed by atoms with E-state index < -0.39 is 0 Å². The Balaban J connectivity index is 2.41. The molecule has 1 saturated heterocycles. The Labute approximate surface area is 116 Å². The lowest BCUT2D eigenvalue weighted by Crippen LogP contribution is -2.45. The number of amides is 1. The fourth-order valence-corrected chi connectivity index (χ4v) is 2.29. The van der Waals surface area contributed by atoms with Gasteiger partial charge < -0.3 is 19.7 Å². The molecule has 0 bridgehead atoms. The summed E-state index contributed by atoms with van der Waals surface area (Å²) in [6, 6.07) is 0. The van der Waals surface area contributed by atoms with Crippen molar-refractivity contribution in [3.8, 4) is 0 Å². The highest BCUT2D eigenvalue weighted by Crippen LogP contribution is 2.13. The summed E-state index contributed by atoms with van der Waals surface area (Å²) in [4.78, 5) is 14.4. The van der Waals surface area contributed by atoms with Crippen molar-refractivity contribution in [1.82, 2.24) is 10.2 Å². The lowest BCUT2D eigenvalue weighted by atomic mass is 9.98. The number of hydrogen-bond acceptors (Lipinski definition) is 4. The van der Waals surface area contributed by atoms with Gasteiger partial charge in [0.05, 0.1) is 19.1 Å². The Hall–Kier alpha value is -0.650. The third-order valence-corrected chi connectivity index (χ3v) is 3.38. The van der Waals surface area contributed by atoms with Crippen molar-refractivity contribution in [3.63, 3.8) is 0 Å². The van der Waals surface area contributed by atoms with Gasteiger partial charge in [0, 0.05) is 32.8 Å². The zero-order chi connectivity index (χ0) is 13.9. The van der Waals surface area contributed by atoms with Crippen molar-refractivity contribution in [1.29, 1.82) is 0 Å². The molecule has 0 radical (unpaired) electrons. The molecule has 1 amide bonds. The second kappa shape index (κ2) is 10.2. The molecule has 5 heteroatoms. The Morgan fingerprint density at radius 2 is 1.84 bits per heavy atom. The van der Waals surface area contributed by atoms with Gasteiger partial charge in [0.2, 0.25) is 5.91 Å². The van der Waals surface area contributed by atoms with Crippen LogP contribution in [-0.4, -0.2) is 63.4 Å². The third-order valence-electron chi connectivity index (χ3n) is 3.38. The normalized spacial score (nSPS) is 19.4. The van der Waals surface area contributed by atoms with Gasteiger partial charge in [0.15, 0.2) is 0 Å². The SMILES string of the molecule is CCOCCN(CCOCC)C(=O)C1CCCNC1. The fraction of sp³-hybridized carbons (Fsp3) is 0.929. The molecule has 1 atom stereocenters. The van der Waals surface area contributed by atoms with Crippen LogP contribution in [0.2, 0.25) is 0 Å². The van der Waals surface area contributed by atoms with Crippen LogP contribution in [0.25, 0.3) is 0 Å². The summed E-state index contributed by atoms with van der Waals surface area (Å²) in [7, 11) is 0. The predicted octanol–water partition coefficient (Wildman–Crippen LogP) is 0.888. The number of nitrogens with one attached hydrogen (secondary N) is 1. The highest BCUT2D eigenvalue weighted by atomic mass is 16.5. The summed E-state index contributed by atoms with van der Waals surface area (Å²) in [5.41, 5.74) is 0. The molecule has 0 aromatic heterocycles. The molecule has 0 aromatic rings. The monoisotopic (exact) mass is 272 g/mol. The molecule has 1 heterocycles. The fourth-order valence-electron chi connectivity index (χ4n) is 2.29. The lowest BCUT2D eigenvalue weighted by molar-refractivity contribution is -0.137. The standard InChI is InChI=1S/C14H28N2O3/c1-3-18-10-8-16(9-11-19-4-2)14(17)13-6-5-7-15-12-13/h13,15H,3-12H2,1-2H3. The highest BCUT2D eigenvalue weighted by Gasteiger charge is 2.25. The number of nitrogens with zero attached hydrogens (tertiary/aromatic N) is 1. The topological polar surface area (TPSA) is 50.8 Å². The third kappa shape index (κ3) is 6.36. The summed E-state index contributed by atoms with van der Waals surface area (Å²) in [5, 5.41) is 3.30. The maximum atomic E-state index is 12.5. The summed E-state index contributed by atoms with van der Waals surface area (Å²) >= 11 is 0. The van der Waals surface area contributed by atoms with E-state index >= 15 is 0 Å². The Bertz CT molecular complexity index is 233. The van der Waals surface area contributed by atoms with Crippen LogP contribution in [0.5, 0.6) is 0 Å². The molecule has 1 fully saturated rings. The average Bonchev–Trinajstić information content (AvgIpc) is 2.46. The number of hydrogen-bond donors (Lipinski definition) is 1. The average molecular weight is 272 g/mol. The molecule has 1 N–H and O–H groups in total. The zero-order valence-corrected chi connectivity index (χ0v) is 12.3. The maximum Gasteiger partial charge on any atom is 0.227 e. The van der Waals surface area contributed by atoms with Gasteiger partial charge >= 0.3 is 0 Å². The van der Waals surface area contributed by atoms with Crippen LogP contribution < -0.4 is 5.32 Å². The van der Waals surface area contributed by atoms with E-state index in [-0.39, 0.29) is 11.8 Å². The lowest BCUT2D eigenvalue weighted by Gasteiger charge is -2.29. The summed E-state index contributed by atoms with van der Waals surface area (Å²) in [6.07, 6.45) is 2.08. The van der Waals surface area contributed by atoms with Crippen LogP contribution in [0.15, 0.2) is 0 Å². The van der Waals surface area contributed by atoms with Gasteiger partial charge in [-0.25, -0.2) is 0 Å². The van der Waals surface area contributed by atoms with Crippen LogP contribution in [0.1, 0.15) is 26.7 Å². The summed E-state index contributed by atoms with van der Waals surface area (Å²) in [5.74, 6) is 0.364. The van der Waals surface area contributed by atoms with Crippen LogP contribution in [0.4, 0.5) is 0 Å². The van der Waals surface area contributed by atoms with Gasteiger partial charge in [0.25, 0.3) is 0 Å². The van der Waals surface area contributed by atoms with E-state index in [1.807, 2.05) is 18.7 Å². The molecule has 0 aliphatic carbocycles. The van der Waals surface area contributed by atoms with E-state index in [4.69, 9.17) is 9.47 Å². The van der Waals surface area contributed by atoms with Gasteiger partial charge in [-0.1, -0.05) is 0 Å². The number of ether oxygens (including phenoxy) is 2. The molecular formula is C14H28N2O3. The van der Waals surface area contributed by atoms with Crippen molar-refractivity contribution < 1.29 is 14.3 Å². The molecule has 0 spiro atoms. The molecular weight excluding hydrogens is 244 g/mol. The zero-order valence-electron chi connectivity index (χ0n) is 12.3. The van der Waals surface area contributed by atoms with Crippen LogP contribution >= 0.6 is 0 Å². The molecule has 5 nitrogen and oxygen atoms in total. The first-order valence-electron chi connectivity index (χ1n) is 7.44. The molecule has 1 aliphatic heterocycles. The molecule has 112 valence electrons. The van der Waals surface area contributed by atoms with Crippen molar-refractivity contribution in [2.24, 2.45) is 5.92 Å². The van der Waals surface area contributed by atoms with E-state index in [0.717, 1.165) is 25.9 Å². The van der Waals surface area contributed by atoms with Crippen LogP contribution in [0, 0.1) is 5.92 Å². The number of piperidine rings is 1. The Kier molecular flexibility index (Phi) is 8.79. The summed E-state index contributed by atoms with van der Waals surface area (Å²) in [6.45, 7) is 9.70. The van der Waals surface area contributed by atoms with Gasteiger partial charge in [-0.05, 0) is 33.2 Å². The number of carbonyl (C=O) groups is 1. The number of rotatable bonds is 9. The molecule has 1 aliphatic rings. The second-order valence-electron chi connectivity index (χ2n) is 4.76. The van der Waals surface area contributed by atoms with Gasteiger partial charge in [-0.15, -0.1) is 0 Å². The first kappa shape index (κ1) is 16.4. The van der Waals surface area contributed by atoms with Crippen molar-refractivity contribution >= 4 is 5.91 Å². The van der Waals surface area contributed by atoms with E-state index in [1.165, 1.54) is 0 Å². The molecule has 0 aromatic carbocycles. The largest absolute Gasteiger partial charge is 0.380 e. The van der Waals surface area contributed by atoms with E-state index in [2.05, 4.69) is 5.32 Å². The smallest absolute Gasteiger partial charge is 0.227 e. The van der Waals surface area contributed by atoms with E-state index in [1.54, 1.807) is 0 Å². The first-order chi connectivity index (χ1) is 9.29. The maximum absolute atomic E-state index is 12.5. The minimum Gasteiger partial charge on any atom is -0.380 e. The van der Waals surface area contributed by atoms with E-state index in [9.17, 15) is 4.79 Å². The molecule has 19 heavy (non-hydrogen) atoms. The van der Waals surface area contributed by atoms with E-state index in [0.29, 0.717) is 39.5 Å². The van der Waals surface area contributed by atoms with Gasteiger partial charge in [-0.3, -0.25) is 4.79 Å². The van der Waals surface area contributed by atoms with Gasteiger partial charge in [0.1, 0.15) is 0 Å². The molecule has 0 saturated carbocycles. The molecule has 1 unspecified atom stereocenters. The van der Waals surface area contributed by atoms with Crippen molar-refractivity contribution in [2.45, 2.75) is 26.7 Å². The Morgan fingerprint density at radius 1 is 1.21 bits per heavy atom. The second-order valence-corrected chi connectivity index (χ2v) is 4.76. The highest BCUT2D eigenvalue weighted by molar-refractivity contribution is 5.79. The number of carbonyl (C=O) groups excluding carboxylic acids is 1. The van der Waals surface area contributed by atoms with Gasteiger partial charge in [-0.2, -0.15) is 0 Å². The minimum absolute atomic E-state index is 0.122. The van der Waals surface area contributed by atoms with Crippen molar-refractivity contribution in [2.75, 3.05) is 52.6 Å². The van der Waals surface area contributed by atoms with Crippen LogP contribution in [0.3, 0.4) is 0 Å².